The van der Waals surface area contributed by atoms with Crippen molar-refractivity contribution in [1.29, 1.82) is 0 Å². The second-order valence-corrected chi connectivity index (χ2v) is 7.59. The van der Waals surface area contributed by atoms with Crippen molar-refractivity contribution in [2.45, 2.75) is 20.4 Å². The lowest BCUT2D eigenvalue weighted by Crippen LogP contribution is -2.32. The van der Waals surface area contributed by atoms with Gasteiger partial charge in [0.2, 0.25) is 0 Å². The van der Waals surface area contributed by atoms with E-state index in [1.807, 2.05) is 47.7 Å². The number of rotatable bonds is 3. The van der Waals surface area contributed by atoms with Gasteiger partial charge in [0, 0.05) is 36.9 Å². The van der Waals surface area contributed by atoms with E-state index in [0.29, 0.717) is 18.4 Å². The third kappa shape index (κ3) is 3.36. The summed E-state index contributed by atoms with van der Waals surface area (Å²) >= 11 is 6.27. The summed E-state index contributed by atoms with van der Waals surface area (Å²) in [6.45, 7) is 8.23. The standard InChI is InChI=1S/C19H23ClN4O.ClH/c1-12-18(19(25)23-9-15-7-21-8-16(15)10-23)13(2)24(22-12)11-14-5-3-4-6-17(14)20;/h3-6,15-16,21H,7-11H2,1-2H3;1H/t15-,16+;. The number of carbonyl (C=O) groups excluding carboxylic acids is 1. The Kier molecular flexibility index (Phi) is 5.61. The van der Waals surface area contributed by atoms with Gasteiger partial charge in [-0.05, 0) is 37.3 Å². The Labute approximate surface area is 165 Å². The molecule has 26 heavy (non-hydrogen) atoms. The Morgan fingerprint density at radius 2 is 1.88 bits per heavy atom. The van der Waals surface area contributed by atoms with Crippen molar-refractivity contribution in [3.8, 4) is 0 Å². The van der Waals surface area contributed by atoms with Crippen LogP contribution in [0.3, 0.4) is 0 Å². The highest BCUT2D eigenvalue weighted by Crippen LogP contribution is 2.29. The predicted molar refractivity (Wildman–Crippen MR) is 105 cm³/mol. The number of aryl methyl sites for hydroxylation is 1. The highest BCUT2D eigenvalue weighted by atomic mass is 35.5. The average Bonchev–Trinajstić information content (AvgIpc) is 3.24. The second-order valence-electron chi connectivity index (χ2n) is 7.18. The van der Waals surface area contributed by atoms with Crippen LogP contribution in [0.4, 0.5) is 0 Å². The lowest BCUT2D eigenvalue weighted by atomic mass is 10.0. The van der Waals surface area contributed by atoms with Crippen LogP contribution < -0.4 is 5.32 Å². The van der Waals surface area contributed by atoms with E-state index in [4.69, 9.17) is 11.6 Å². The molecule has 140 valence electrons. The van der Waals surface area contributed by atoms with Crippen molar-refractivity contribution < 1.29 is 4.79 Å². The number of hydrogen-bond acceptors (Lipinski definition) is 3. The van der Waals surface area contributed by atoms with Crippen LogP contribution in [0.5, 0.6) is 0 Å². The smallest absolute Gasteiger partial charge is 0.257 e. The van der Waals surface area contributed by atoms with E-state index in [9.17, 15) is 4.79 Å². The van der Waals surface area contributed by atoms with Crippen LogP contribution in [0, 0.1) is 25.7 Å². The maximum atomic E-state index is 13.1. The van der Waals surface area contributed by atoms with Gasteiger partial charge in [-0.3, -0.25) is 9.48 Å². The normalized spacial score (nSPS) is 21.6. The van der Waals surface area contributed by atoms with Crippen molar-refractivity contribution in [2.24, 2.45) is 11.8 Å². The Morgan fingerprint density at radius 3 is 2.54 bits per heavy atom. The molecule has 0 aliphatic carbocycles. The molecule has 5 nitrogen and oxygen atoms in total. The molecule has 2 atom stereocenters. The predicted octanol–water partition coefficient (Wildman–Crippen LogP) is 2.91. The molecule has 0 spiro atoms. The molecule has 0 unspecified atom stereocenters. The Bertz CT molecular complexity index is 808. The summed E-state index contributed by atoms with van der Waals surface area (Å²) in [6.07, 6.45) is 0. The molecule has 2 aliphatic rings. The summed E-state index contributed by atoms with van der Waals surface area (Å²) in [4.78, 5) is 15.1. The quantitative estimate of drug-likeness (QED) is 0.870. The number of benzene rings is 1. The lowest BCUT2D eigenvalue weighted by Gasteiger charge is -2.18. The molecule has 2 aliphatic heterocycles. The highest BCUT2D eigenvalue weighted by Gasteiger charge is 2.39. The van der Waals surface area contributed by atoms with Gasteiger partial charge < -0.3 is 10.2 Å². The molecule has 7 heteroatoms. The van der Waals surface area contributed by atoms with Gasteiger partial charge in [0.15, 0.2) is 0 Å². The minimum atomic E-state index is 0. The number of nitrogens with one attached hydrogen (secondary N) is 1. The maximum absolute atomic E-state index is 13.1. The number of carbonyl (C=O) groups is 1. The van der Waals surface area contributed by atoms with Gasteiger partial charge in [-0.15, -0.1) is 12.4 Å². The van der Waals surface area contributed by atoms with Gasteiger partial charge in [0.1, 0.15) is 0 Å². The zero-order chi connectivity index (χ0) is 17.6. The molecule has 4 rings (SSSR count). The van der Waals surface area contributed by atoms with Crippen LogP contribution in [0.1, 0.15) is 27.3 Å². The second kappa shape index (κ2) is 7.59. The Hall–Kier alpha value is -1.56. The molecule has 1 aromatic carbocycles. The van der Waals surface area contributed by atoms with E-state index in [0.717, 1.165) is 53.7 Å². The van der Waals surface area contributed by atoms with Gasteiger partial charge in [-0.25, -0.2) is 0 Å². The molecule has 1 aromatic heterocycles. The molecular weight excluding hydrogens is 371 g/mol. The summed E-state index contributed by atoms with van der Waals surface area (Å²) in [5.41, 5.74) is 3.47. The number of amides is 1. The topological polar surface area (TPSA) is 50.2 Å². The fourth-order valence-corrected chi connectivity index (χ4v) is 4.32. The summed E-state index contributed by atoms with van der Waals surface area (Å²) in [6, 6.07) is 7.76. The van der Waals surface area contributed by atoms with Gasteiger partial charge in [0.05, 0.1) is 17.8 Å². The first-order valence-corrected chi connectivity index (χ1v) is 9.19. The van der Waals surface area contributed by atoms with Gasteiger partial charge in [-0.2, -0.15) is 5.10 Å². The summed E-state index contributed by atoms with van der Waals surface area (Å²) in [5, 5.41) is 8.75. The summed E-state index contributed by atoms with van der Waals surface area (Å²) in [7, 11) is 0. The fourth-order valence-electron chi connectivity index (χ4n) is 4.13. The molecule has 0 saturated carbocycles. The van der Waals surface area contributed by atoms with E-state index >= 15 is 0 Å². The van der Waals surface area contributed by atoms with E-state index in [2.05, 4.69) is 10.4 Å². The van der Waals surface area contributed by atoms with Crippen LogP contribution in [-0.2, 0) is 6.54 Å². The third-order valence-electron chi connectivity index (χ3n) is 5.55. The molecule has 0 radical (unpaired) electrons. The zero-order valence-corrected chi connectivity index (χ0v) is 16.6. The molecule has 1 N–H and O–H groups in total. The van der Waals surface area contributed by atoms with E-state index < -0.39 is 0 Å². The molecule has 2 saturated heterocycles. The van der Waals surface area contributed by atoms with E-state index in [1.165, 1.54) is 0 Å². The van der Waals surface area contributed by atoms with Crippen LogP contribution in [0.25, 0.3) is 0 Å². The van der Waals surface area contributed by atoms with Crippen molar-refractivity contribution in [3.63, 3.8) is 0 Å². The monoisotopic (exact) mass is 394 g/mol. The first-order chi connectivity index (χ1) is 12.0. The molecule has 0 bridgehead atoms. The molecular formula is C19H24Cl2N4O. The first kappa shape index (κ1) is 19.2. The van der Waals surface area contributed by atoms with E-state index in [1.54, 1.807) is 0 Å². The maximum Gasteiger partial charge on any atom is 0.257 e. The first-order valence-electron chi connectivity index (χ1n) is 8.82. The van der Waals surface area contributed by atoms with Crippen LogP contribution >= 0.6 is 24.0 Å². The SMILES string of the molecule is Cc1nn(Cc2ccccc2Cl)c(C)c1C(=O)N1C[C@H]2CNC[C@H]2C1.Cl. The molecule has 1 amide bonds. The van der Waals surface area contributed by atoms with Gasteiger partial charge >= 0.3 is 0 Å². The Morgan fingerprint density at radius 1 is 1.23 bits per heavy atom. The number of likely N-dealkylation sites (tertiary alicyclic amines) is 1. The highest BCUT2D eigenvalue weighted by molar-refractivity contribution is 6.31. The van der Waals surface area contributed by atoms with Crippen molar-refractivity contribution >= 4 is 29.9 Å². The minimum absolute atomic E-state index is 0. The molecule has 2 fully saturated rings. The number of halogens is 2. The zero-order valence-electron chi connectivity index (χ0n) is 15.0. The lowest BCUT2D eigenvalue weighted by molar-refractivity contribution is 0.0780. The summed E-state index contributed by atoms with van der Waals surface area (Å²) in [5.74, 6) is 1.32. The van der Waals surface area contributed by atoms with Gasteiger partial charge in [0.25, 0.3) is 5.91 Å². The number of aromatic nitrogens is 2. The number of nitrogens with zero attached hydrogens (tertiary/aromatic N) is 3. The fraction of sp³-hybridized carbons (Fsp3) is 0.474. The van der Waals surface area contributed by atoms with Crippen LogP contribution in [0.15, 0.2) is 24.3 Å². The van der Waals surface area contributed by atoms with Gasteiger partial charge in [-0.1, -0.05) is 29.8 Å². The van der Waals surface area contributed by atoms with E-state index in [-0.39, 0.29) is 18.3 Å². The Balaban J connectivity index is 0.00000196. The molecule has 3 heterocycles. The average molecular weight is 395 g/mol. The summed E-state index contributed by atoms with van der Waals surface area (Å²) < 4.78 is 1.89. The van der Waals surface area contributed by atoms with Crippen LogP contribution in [0.2, 0.25) is 5.02 Å². The largest absolute Gasteiger partial charge is 0.338 e. The van der Waals surface area contributed by atoms with Crippen molar-refractivity contribution in [3.05, 3.63) is 51.8 Å². The third-order valence-corrected chi connectivity index (χ3v) is 5.92. The van der Waals surface area contributed by atoms with Crippen molar-refractivity contribution in [1.82, 2.24) is 20.0 Å². The van der Waals surface area contributed by atoms with Crippen LogP contribution in [-0.4, -0.2) is 46.8 Å². The number of hydrogen-bond donors (Lipinski definition) is 1. The minimum Gasteiger partial charge on any atom is -0.338 e. The number of fused-ring (bicyclic) bond motifs is 1. The van der Waals surface area contributed by atoms with Crippen molar-refractivity contribution in [2.75, 3.05) is 26.2 Å². The molecule has 2 aromatic rings.